The first-order valence-electron chi connectivity index (χ1n) is 5.28. The summed E-state index contributed by atoms with van der Waals surface area (Å²) in [7, 11) is -4.47. The Labute approximate surface area is 98.1 Å². The van der Waals surface area contributed by atoms with Gasteiger partial charge in [0, 0.05) is 8.07 Å². The Balaban J connectivity index is 2.41. The molecule has 0 fully saturated rings. The van der Waals surface area contributed by atoms with E-state index < -0.39 is 18.1 Å². The van der Waals surface area contributed by atoms with Gasteiger partial charge in [-0.05, 0) is 18.2 Å². The molecule has 0 aromatic carbocycles. The predicted octanol–water partition coefficient (Wildman–Crippen LogP) is 2.04. The normalized spacial score (nSPS) is 12.9. The van der Waals surface area contributed by atoms with Gasteiger partial charge in [-0.1, -0.05) is 19.6 Å². The molecule has 0 aliphatic heterocycles. The van der Waals surface area contributed by atoms with Gasteiger partial charge in [-0.2, -0.15) is 0 Å². The Morgan fingerprint density at radius 1 is 1.38 bits per heavy atom. The maximum Gasteiger partial charge on any atom is 0.211 e. The maximum atomic E-state index is 11.6. The minimum Gasteiger partial charge on any atom is -0.468 e. The summed E-state index contributed by atoms with van der Waals surface area (Å²) in [5, 5.41) is 0. The summed E-state index contributed by atoms with van der Waals surface area (Å²) in [6.07, 6.45) is 1.53. The molecule has 0 radical (unpaired) electrons. The first kappa shape index (κ1) is 13.5. The highest BCUT2D eigenvalue weighted by molar-refractivity contribution is 7.89. The molecule has 92 valence electrons. The maximum absolute atomic E-state index is 11.6. The molecule has 16 heavy (non-hydrogen) atoms. The fraction of sp³-hybridized carbons (Fsp3) is 0.600. The van der Waals surface area contributed by atoms with E-state index in [-0.39, 0.29) is 12.3 Å². The molecule has 0 saturated carbocycles. The number of furan rings is 1. The van der Waals surface area contributed by atoms with Crippen LogP contribution in [0.15, 0.2) is 22.8 Å². The fourth-order valence-electron chi connectivity index (χ4n) is 1.11. The van der Waals surface area contributed by atoms with Crippen LogP contribution >= 0.6 is 0 Å². The lowest BCUT2D eigenvalue weighted by Gasteiger charge is -2.15. The lowest BCUT2D eigenvalue weighted by molar-refractivity contribution is 0.499. The number of sulfonamides is 1. The van der Waals surface area contributed by atoms with Gasteiger partial charge in [0.1, 0.15) is 5.76 Å². The number of nitrogens with one attached hydrogen (secondary N) is 1. The van der Waals surface area contributed by atoms with Gasteiger partial charge in [0.15, 0.2) is 0 Å². The van der Waals surface area contributed by atoms with Crippen molar-refractivity contribution >= 4 is 18.1 Å². The summed E-state index contributed by atoms with van der Waals surface area (Å²) in [4.78, 5) is 0. The molecule has 0 bridgehead atoms. The summed E-state index contributed by atoms with van der Waals surface area (Å²) in [5.41, 5.74) is 0. The van der Waals surface area contributed by atoms with Gasteiger partial charge in [-0.3, -0.25) is 0 Å². The minimum absolute atomic E-state index is 0.212. The molecule has 1 aromatic rings. The van der Waals surface area contributed by atoms with Crippen LogP contribution in [0, 0.1) is 0 Å². The SMILES string of the molecule is C[Si](C)(C)CCS(=O)(=O)NCc1ccco1. The lowest BCUT2D eigenvalue weighted by atomic mass is 10.5. The second-order valence-corrected chi connectivity index (χ2v) is 12.6. The van der Waals surface area contributed by atoms with E-state index in [4.69, 9.17) is 4.42 Å². The molecule has 1 rings (SSSR count). The number of hydrogen-bond donors (Lipinski definition) is 1. The molecule has 0 unspecified atom stereocenters. The zero-order valence-corrected chi connectivity index (χ0v) is 11.8. The van der Waals surface area contributed by atoms with Gasteiger partial charge in [-0.25, -0.2) is 13.1 Å². The highest BCUT2D eigenvalue weighted by Gasteiger charge is 2.18. The van der Waals surface area contributed by atoms with Crippen molar-refractivity contribution in [2.24, 2.45) is 0 Å². The minimum atomic E-state index is -3.17. The zero-order valence-electron chi connectivity index (χ0n) is 9.99. The first-order chi connectivity index (χ1) is 7.29. The van der Waals surface area contributed by atoms with E-state index in [0.29, 0.717) is 5.76 Å². The zero-order chi connectivity index (χ0) is 12.2. The van der Waals surface area contributed by atoms with Crippen LogP contribution < -0.4 is 4.72 Å². The van der Waals surface area contributed by atoms with Crippen molar-refractivity contribution in [2.45, 2.75) is 32.2 Å². The molecule has 1 aromatic heterocycles. The molecule has 6 heteroatoms. The van der Waals surface area contributed by atoms with Crippen LogP contribution in [-0.2, 0) is 16.6 Å². The van der Waals surface area contributed by atoms with Crippen molar-refractivity contribution in [1.82, 2.24) is 4.72 Å². The average Bonchev–Trinajstić information content (AvgIpc) is 2.64. The standard InChI is InChI=1S/C10H19NO3SSi/c1-16(2,3)8-7-15(12,13)11-9-10-5-4-6-14-10/h4-6,11H,7-9H2,1-3H3. The first-order valence-corrected chi connectivity index (χ1v) is 10.6. The monoisotopic (exact) mass is 261 g/mol. The summed E-state index contributed by atoms with van der Waals surface area (Å²) in [6, 6.07) is 4.27. The topological polar surface area (TPSA) is 59.3 Å². The van der Waals surface area contributed by atoms with Crippen LogP contribution in [0.25, 0.3) is 0 Å². The smallest absolute Gasteiger partial charge is 0.211 e. The van der Waals surface area contributed by atoms with Gasteiger partial charge in [0.25, 0.3) is 0 Å². The molecule has 4 nitrogen and oxygen atoms in total. The fourth-order valence-corrected chi connectivity index (χ4v) is 5.14. The van der Waals surface area contributed by atoms with E-state index in [1.54, 1.807) is 12.1 Å². The van der Waals surface area contributed by atoms with Crippen molar-refractivity contribution in [1.29, 1.82) is 0 Å². The molecular formula is C10H19NO3SSi. The molecule has 0 atom stereocenters. The van der Waals surface area contributed by atoms with Gasteiger partial charge in [-0.15, -0.1) is 0 Å². The van der Waals surface area contributed by atoms with Crippen LogP contribution in [0.4, 0.5) is 0 Å². The molecule has 0 amide bonds. The van der Waals surface area contributed by atoms with Gasteiger partial charge < -0.3 is 4.42 Å². The molecule has 0 spiro atoms. The Hall–Kier alpha value is -0.593. The van der Waals surface area contributed by atoms with Crippen LogP contribution in [0.5, 0.6) is 0 Å². The van der Waals surface area contributed by atoms with E-state index in [1.165, 1.54) is 6.26 Å². The quantitative estimate of drug-likeness (QED) is 0.797. The van der Waals surface area contributed by atoms with Gasteiger partial charge in [0.2, 0.25) is 10.0 Å². The second-order valence-electron chi connectivity index (χ2n) is 5.03. The average molecular weight is 261 g/mol. The van der Waals surface area contributed by atoms with E-state index >= 15 is 0 Å². The van der Waals surface area contributed by atoms with Crippen LogP contribution in [0.2, 0.25) is 25.7 Å². The van der Waals surface area contributed by atoms with E-state index in [2.05, 4.69) is 24.4 Å². The Morgan fingerprint density at radius 3 is 2.56 bits per heavy atom. The summed E-state index contributed by atoms with van der Waals surface area (Å²) in [6.45, 7) is 6.72. The van der Waals surface area contributed by atoms with E-state index in [1.807, 2.05) is 0 Å². The van der Waals surface area contributed by atoms with Crippen molar-refractivity contribution < 1.29 is 12.8 Å². The molecule has 1 heterocycles. The Bertz CT molecular complexity index is 406. The Morgan fingerprint density at radius 2 is 2.06 bits per heavy atom. The van der Waals surface area contributed by atoms with E-state index in [0.717, 1.165) is 6.04 Å². The molecule has 0 aliphatic carbocycles. The third kappa shape index (κ3) is 5.48. The predicted molar refractivity (Wildman–Crippen MR) is 67.5 cm³/mol. The van der Waals surface area contributed by atoms with Crippen molar-refractivity contribution in [2.75, 3.05) is 5.75 Å². The summed E-state index contributed by atoms with van der Waals surface area (Å²) < 4.78 is 30.9. The largest absolute Gasteiger partial charge is 0.468 e. The molecule has 0 aliphatic rings. The van der Waals surface area contributed by atoms with Crippen LogP contribution in [-0.4, -0.2) is 22.2 Å². The number of hydrogen-bond acceptors (Lipinski definition) is 3. The molecular weight excluding hydrogens is 242 g/mol. The van der Waals surface area contributed by atoms with Crippen LogP contribution in [0.3, 0.4) is 0 Å². The number of rotatable bonds is 6. The molecule has 1 N–H and O–H groups in total. The third-order valence-electron chi connectivity index (χ3n) is 2.17. The van der Waals surface area contributed by atoms with Crippen molar-refractivity contribution in [3.63, 3.8) is 0 Å². The highest BCUT2D eigenvalue weighted by atomic mass is 32.2. The van der Waals surface area contributed by atoms with Gasteiger partial charge in [0.05, 0.1) is 18.6 Å². The second kappa shape index (κ2) is 5.16. The van der Waals surface area contributed by atoms with Crippen molar-refractivity contribution in [3.8, 4) is 0 Å². The van der Waals surface area contributed by atoms with Crippen molar-refractivity contribution in [3.05, 3.63) is 24.2 Å². The Kier molecular flexibility index (Phi) is 4.34. The van der Waals surface area contributed by atoms with E-state index in [9.17, 15) is 8.42 Å². The lowest BCUT2D eigenvalue weighted by Crippen LogP contribution is -2.30. The molecule has 0 saturated heterocycles. The summed E-state index contributed by atoms with van der Waals surface area (Å²) >= 11 is 0. The van der Waals surface area contributed by atoms with Crippen LogP contribution in [0.1, 0.15) is 5.76 Å². The third-order valence-corrected chi connectivity index (χ3v) is 5.61. The highest BCUT2D eigenvalue weighted by Crippen LogP contribution is 2.09. The van der Waals surface area contributed by atoms with Gasteiger partial charge >= 0.3 is 0 Å². The summed E-state index contributed by atoms with van der Waals surface area (Å²) in [5.74, 6) is 0.847.